The van der Waals surface area contributed by atoms with Crippen molar-refractivity contribution in [1.29, 1.82) is 0 Å². The van der Waals surface area contributed by atoms with Crippen molar-refractivity contribution in [3.63, 3.8) is 0 Å². The summed E-state index contributed by atoms with van der Waals surface area (Å²) in [6, 6.07) is 0. The number of rotatable bonds is 6. The molecule has 0 bridgehead atoms. The van der Waals surface area contributed by atoms with E-state index in [4.69, 9.17) is 28.0 Å². The van der Waals surface area contributed by atoms with Gasteiger partial charge in [-0.3, -0.25) is 0 Å². The summed E-state index contributed by atoms with van der Waals surface area (Å²) in [5.41, 5.74) is 0.438. The number of hydrogen-bond acceptors (Lipinski definition) is 7. The number of ether oxygens (including phenoxy) is 4. The Kier molecular flexibility index (Phi) is 5.07. The zero-order chi connectivity index (χ0) is 13.8. The predicted molar refractivity (Wildman–Crippen MR) is 67.6 cm³/mol. The first-order valence-corrected chi connectivity index (χ1v) is 6.99. The Labute approximate surface area is 107 Å². The first-order chi connectivity index (χ1) is 8.63. The van der Waals surface area contributed by atoms with Gasteiger partial charge >= 0.3 is 107 Å². The average Bonchev–Trinajstić information content (AvgIpc) is 2.44. The molecule has 1 rings (SSSR count). The summed E-state index contributed by atoms with van der Waals surface area (Å²) >= 11 is 0. The molecule has 0 saturated carbocycles. The van der Waals surface area contributed by atoms with Crippen molar-refractivity contribution < 1.29 is 28.0 Å². The Balaban J connectivity index is 3.42. The molecule has 0 aliphatic carbocycles. The standard InChI is InChI=1S/C10H20NO6P/c1-12-7-8(13-2)10(15-4)18(16-5,17-6)11-9(7)14-3/h11,18H,1-6H3. The minimum atomic E-state index is -2.97. The second kappa shape index (κ2) is 6.13. The third-order valence-corrected chi connectivity index (χ3v) is 5.32. The van der Waals surface area contributed by atoms with Crippen molar-refractivity contribution in [1.82, 2.24) is 5.09 Å². The first kappa shape index (κ1) is 14.9. The van der Waals surface area contributed by atoms with Gasteiger partial charge in [0.2, 0.25) is 0 Å². The van der Waals surface area contributed by atoms with Crippen molar-refractivity contribution in [2.24, 2.45) is 0 Å². The normalized spacial score (nSPS) is 20.1. The molecule has 0 spiro atoms. The second-order valence-electron chi connectivity index (χ2n) is 3.28. The summed E-state index contributed by atoms with van der Waals surface area (Å²) in [7, 11) is 6.14. The second-order valence-corrected chi connectivity index (χ2v) is 6.04. The van der Waals surface area contributed by atoms with Gasteiger partial charge in [-0.05, 0) is 0 Å². The summed E-state index contributed by atoms with van der Waals surface area (Å²) < 4.78 is 32.1. The van der Waals surface area contributed by atoms with E-state index in [2.05, 4.69) is 5.09 Å². The van der Waals surface area contributed by atoms with Gasteiger partial charge in [-0.1, -0.05) is 0 Å². The van der Waals surface area contributed by atoms with Gasteiger partial charge < -0.3 is 0 Å². The molecule has 0 unspecified atom stereocenters. The Morgan fingerprint density at radius 1 is 0.722 bits per heavy atom. The average molecular weight is 281 g/mol. The van der Waals surface area contributed by atoms with Crippen LogP contribution in [-0.4, -0.2) is 42.7 Å². The fraction of sp³-hybridized carbons (Fsp3) is 0.600. The predicted octanol–water partition coefficient (Wildman–Crippen LogP) is 1.30. The van der Waals surface area contributed by atoms with Gasteiger partial charge in [-0.25, -0.2) is 0 Å². The Hall–Kier alpha value is -1.17. The molecular formula is C10H20NO6P. The molecule has 7 nitrogen and oxygen atoms in total. The molecule has 0 fully saturated rings. The summed E-state index contributed by atoms with van der Waals surface area (Å²) in [4.78, 5) is 0. The van der Waals surface area contributed by atoms with E-state index in [1.165, 1.54) is 42.7 Å². The minimum absolute atomic E-state index is 0.380. The molecule has 8 heteroatoms. The molecule has 18 heavy (non-hydrogen) atoms. The molecule has 0 aromatic carbocycles. The molecule has 0 atom stereocenters. The fourth-order valence-corrected chi connectivity index (χ4v) is 3.88. The van der Waals surface area contributed by atoms with Crippen LogP contribution in [-0.2, 0) is 28.0 Å². The Morgan fingerprint density at radius 3 is 1.61 bits per heavy atom. The molecule has 0 saturated heterocycles. The van der Waals surface area contributed by atoms with Gasteiger partial charge in [0.15, 0.2) is 0 Å². The van der Waals surface area contributed by atoms with Crippen LogP contribution in [0, 0.1) is 0 Å². The van der Waals surface area contributed by atoms with Crippen LogP contribution in [0.2, 0.25) is 0 Å². The molecule has 106 valence electrons. The van der Waals surface area contributed by atoms with Gasteiger partial charge in [-0.2, -0.15) is 0 Å². The molecular weight excluding hydrogens is 261 g/mol. The molecule has 0 aromatic heterocycles. The number of methoxy groups -OCH3 is 4. The third-order valence-electron chi connectivity index (χ3n) is 2.59. The van der Waals surface area contributed by atoms with Gasteiger partial charge in [0.1, 0.15) is 0 Å². The number of hydrogen-bond donors (Lipinski definition) is 1. The van der Waals surface area contributed by atoms with Crippen molar-refractivity contribution in [2.75, 3.05) is 42.7 Å². The van der Waals surface area contributed by atoms with E-state index in [0.29, 0.717) is 22.9 Å². The van der Waals surface area contributed by atoms with E-state index < -0.39 is 7.87 Å². The van der Waals surface area contributed by atoms with Crippen molar-refractivity contribution in [2.45, 2.75) is 0 Å². The molecule has 0 amide bonds. The third kappa shape index (κ3) is 2.21. The van der Waals surface area contributed by atoms with Crippen LogP contribution in [0.1, 0.15) is 0 Å². The Morgan fingerprint density at radius 2 is 1.28 bits per heavy atom. The molecule has 0 aromatic rings. The van der Waals surface area contributed by atoms with Crippen molar-refractivity contribution in [3.05, 3.63) is 22.9 Å². The molecule has 1 aliphatic heterocycles. The topological polar surface area (TPSA) is 67.4 Å². The van der Waals surface area contributed by atoms with Crippen LogP contribution in [0.15, 0.2) is 22.9 Å². The van der Waals surface area contributed by atoms with E-state index in [-0.39, 0.29) is 0 Å². The fourth-order valence-electron chi connectivity index (χ4n) is 1.73. The van der Waals surface area contributed by atoms with Crippen molar-refractivity contribution >= 4 is 7.87 Å². The number of nitrogens with one attached hydrogen (secondary N) is 1. The molecule has 1 heterocycles. The van der Waals surface area contributed by atoms with E-state index in [1.54, 1.807) is 0 Å². The zero-order valence-electron chi connectivity index (χ0n) is 11.4. The van der Waals surface area contributed by atoms with E-state index in [9.17, 15) is 0 Å². The Bertz CT molecular complexity index is 363. The quantitative estimate of drug-likeness (QED) is 0.736. The van der Waals surface area contributed by atoms with Crippen LogP contribution in [0.5, 0.6) is 0 Å². The molecule has 1 aliphatic rings. The maximum absolute atomic E-state index is 5.46. The van der Waals surface area contributed by atoms with E-state index in [0.717, 1.165) is 0 Å². The monoisotopic (exact) mass is 281 g/mol. The van der Waals surface area contributed by atoms with Gasteiger partial charge in [0, 0.05) is 0 Å². The van der Waals surface area contributed by atoms with Crippen LogP contribution in [0.3, 0.4) is 0 Å². The van der Waals surface area contributed by atoms with E-state index in [1.807, 2.05) is 0 Å². The summed E-state index contributed by atoms with van der Waals surface area (Å²) in [6.07, 6.45) is 0. The van der Waals surface area contributed by atoms with Crippen LogP contribution >= 0.6 is 7.87 Å². The maximum atomic E-state index is 5.46. The van der Waals surface area contributed by atoms with Gasteiger partial charge in [-0.15, -0.1) is 0 Å². The summed E-state index contributed by atoms with van der Waals surface area (Å²) in [5.74, 6) is 1.17. The summed E-state index contributed by atoms with van der Waals surface area (Å²) in [6.45, 7) is 0. The zero-order valence-corrected chi connectivity index (χ0v) is 12.4. The molecule has 0 radical (unpaired) electrons. The first-order valence-electron chi connectivity index (χ1n) is 5.17. The van der Waals surface area contributed by atoms with E-state index >= 15 is 0 Å². The van der Waals surface area contributed by atoms with Crippen LogP contribution in [0.25, 0.3) is 0 Å². The van der Waals surface area contributed by atoms with Crippen LogP contribution in [0.4, 0.5) is 0 Å². The van der Waals surface area contributed by atoms with Crippen molar-refractivity contribution in [3.8, 4) is 0 Å². The SMILES string of the molecule is COC1=C(OC)C(OC)=C(OC)[PH](OC)(OC)N1. The van der Waals surface area contributed by atoms with Gasteiger partial charge in [0.05, 0.1) is 0 Å². The van der Waals surface area contributed by atoms with Crippen LogP contribution < -0.4 is 5.09 Å². The molecule has 1 N–H and O–H groups in total. The van der Waals surface area contributed by atoms with Gasteiger partial charge in [0.25, 0.3) is 0 Å². The summed E-state index contributed by atoms with van der Waals surface area (Å²) in [5, 5.41) is 3.05.